The first kappa shape index (κ1) is 19.8. The predicted molar refractivity (Wildman–Crippen MR) is 113 cm³/mol. The first-order chi connectivity index (χ1) is 15.0. The van der Waals surface area contributed by atoms with Crippen molar-refractivity contribution in [3.05, 3.63) is 60.8 Å². The van der Waals surface area contributed by atoms with E-state index in [-0.39, 0.29) is 30.8 Å². The number of hydrogen-bond donors (Lipinski definition) is 0. The van der Waals surface area contributed by atoms with Gasteiger partial charge in [0.15, 0.2) is 0 Å². The molecule has 1 aliphatic heterocycles. The Hall–Kier alpha value is -3.09. The smallest absolute Gasteiger partial charge is 0.267 e. The third-order valence-corrected chi connectivity index (χ3v) is 6.41. The maximum Gasteiger partial charge on any atom is 0.267 e. The molecule has 0 unspecified atom stereocenters. The molecule has 2 fully saturated rings. The van der Waals surface area contributed by atoms with E-state index in [2.05, 4.69) is 34.6 Å². The number of benzene rings is 2. The average Bonchev–Trinajstić information content (AvgIpc) is 3.53. The molecule has 2 atom stereocenters. The molecule has 1 aliphatic carbocycles. The highest BCUT2D eigenvalue weighted by Gasteiger charge is 2.43. The van der Waals surface area contributed by atoms with E-state index < -0.39 is 12.5 Å². The van der Waals surface area contributed by atoms with Gasteiger partial charge in [0.1, 0.15) is 5.69 Å². The molecule has 5 rings (SSSR count). The van der Waals surface area contributed by atoms with Crippen LogP contribution in [0, 0.1) is 5.92 Å². The molecule has 1 aromatic heterocycles. The number of rotatable bonds is 4. The summed E-state index contributed by atoms with van der Waals surface area (Å²) in [5.41, 5.74) is 4.07. The van der Waals surface area contributed by atoms with Crippen molar-refractivity contribution >= 4 is 5.91 Å². The van der Waals surface area contributed by atoms with E-state index in [0.29, 0.717) is 12.8 Å². The van der Waals surface area contributed by atoms with Crippen LogP contribution in [0.15, 0.2) is 60.8 Å². The van der Waals surface area contributed by atoms with Gasteiger partial charge in [-0.15, -0.1) is 5.10 Å². The molecule has 1 amide bonds. The molecule has 1 saturated carbocycles. The van der Waals surface area contributed by atoms with Crippen LogP contribution in [0.5, 0.6) is 0 Å². The lowest BCUT2D eigenvalue weighted by Crippen LogP contribution is -2.35. The molecule has 0 N–H and O–H groups in total. The Bertz CT molecular complexity index is 1060. The van der Waals surface area contributed by atoms with E-state index in [1.165, 1.54) is 4.90 Å². The second-order valence-corrected chi connectivity index (χ2v) is 8.56. The van der Waals surface area contributed by atoms with Crippen molar-refractivity contribution in [2.75, 3.05) is 13.1 Å². The number of nitrogens with zero attached hydrogens (tertiary/aromatic N) is 4. The normalized spacial score (nSPS) is 22.7. The molecule has 0 bridgehead atoms. The molecule has 3 aromatic rings. The zero-order valence-electron chi connectivity index (χ0n) is 17.1. The fraction of sp³-hybridized carbons (Fsp3) is 0.375. The molecule has 0 radical (unpaired) electrons. The van der Waals surface area contributed by atoms with Crippen molar-refractivity contribution in [2.24, 2.45) is 5.92 Å². The minimum atomic E-state index is -2.75. The first-order valence-corrected chi connectivity index (χ1v) is 10.7. The van der Waals surface area contributed by atoms with Crippen molar-refractivity contribution in [1.82, 2.24) is 19.9 Å². The predicted octanol–water partition coefficient (Wildman–Crippen LogP) is 4.82. The Morgan fingerprint density at radius 2 is 1.68 bits per heavy atom. The highest BCUT2D eigenvalue weighted by atomic mass is 19.3. The number of halogens is 2. The maximum absolute atomic E-state index is 13.5. The van der Waals surface area contributed by atoms with Crippen LogP contribution in [0.1, 0.15) is 31.7 Å². The monoisotopic (exact) mass is 422 g/mol. The Morgan fingerprint density at radius 1 is 0.968 bits per heavy atom. The standard InChI is InChI=1S/C24H24F2N4O/c25-24(26)12-13-29(16-24)23(31)20-10-11-21(14-20)30-15-22(27-28-30)19-8-6-18(7-9-19)17-4-2-1-3-5-17/h1-9,15,20-21H,10-14,16H2/t20-,21+/m0/s1. The van der Waals surface area contributed by atoms with Crippen LogP contribution >= 0.6 is 0 Å². The molecule has 2 aliphatic rings. The van der Waals surface area contributed by atoms with Gasteiger partial charge in [-0.1, -0.05) is 59.8 Å². The number of carbonyl (C=O) groups is 1. The molecule has 2 aromatic carbocycles. The Morgan fingerprint density at radius 3 is 2.39 bits per heavy atom. The quantitative estimate of drug-likeness (QED) is 0.606. The maximum atomic E-state index is 13.5. The minimum absolute atomic E-state index is 0.0712. The molecule has 2 heterocycles. The van der Waals surface area contributed by atoms with Gasteiger partial charge in [-0.3, -0.25) is 4.79 Å². The Labute approximate surface area is 179 Å². The Balaban J connectivity index is 1.24. The van der Waals surface area contributed by atoms with Gasteiger partial charge in [0.05, 0.1) is 18.8 Å². The highest BCUT2D eigenvalue weighted by molar-refractivity contribution is 5.79. The lowest BCUT2D eigenvalue weighted by Gasteiger charge is -2.20. The lowest BCUT2D eigenvalue weighted by atomic mass is 10.0. The summed E-state index contributed by atoms with van der Waals surface area (Å²) >= 11 is 0. The van der Waals surface area contributed by atoms with Crippen LogP contribution in [0.4, 0.5) is 8.78 Å². The number of amides is 1. The summed E-state index contributed by atoms with van der Waals surface area (Å²) in [4.78, 5) is 14.0. The summed E-state index contributed by atoms with van der Waals surface area (Å²) in [6, 6.07) is 18.5. The third-order valence-electron chi connectivity index (χ3n) is 6.41. The fourth-order valence-electron chi connectivity index (χ4n) is 4.66. The molecular formula is C24H24F2N4O. The molecule has 7 heteroatoms. The zero-order chi connectivity index (χ0) is 21.4. The van der Waals surface area contributed by atoms with E-state index in [4.69, 9.17) is 0 Å². The third kappa shape index (κ3) is 4.09. The van der Waals surface area contributed by atoms with E-state index in [0.717, 1.165) is 28.8 Å². The van der Waals surface area contributed by atoms with Gasteiger partial charge in [-0.05, 0) is 30.4 Å². The van der Waals surface area contributed by atoms with Crippen molar-refractivity contribution in [3.8, 4) is 22.4 Å². The summed E-state index contributed by atoms with van der Waals surface area (Å²) in [5.74, 6) is -3.10. The number of alkyl halides is 2. The number of hydrogen-bond acceptors (Lipinski definition) is 3. The van der Waals surface area contributed by atoms with Crippen molar-refractivity contribution < 1.29 is 13.6 Å². The van der Waals surface area contributed by atoms with E-state index in [1.54, 1.807) is 0 Å². The van der Waals surface area contributed by atoms with Crippen LogP contribution in [0.3, 0.4) is 0 Å². The van der Waals surface area contributed by atoms with Gasteiger partial charge in [0.25, 0.3) is 5.92 Å². The second-order valence-electron chi connectivity index (χ2n) is 8.56. The lowest BCUT2D eigenvalue weighted by molar-refractivity contribution is -0.135. The summed E-state index contributed by atoms with van der Waals surface area (Å²) in [7, 11) is 0. The van der Waals surface area contributed by atoms with Gasteiger partial charge >= 0.3 is 0 Å². The molecule has 160 valence electrons. The topological polar surface area (TPSA) is 51.0 Å². The van der Waals surface area contributed by atoms with Crippen LogP contribution in [-0.4, -0.2) is 44.8 Å². The second kappa shape index (κ2) is 7.87. The average molecular weight is 422 g/mol. The van der Waals surface area contributed by atoms with E-state index >= 15 is 0 Å². The summed E-state index contributed by atoms with van der Waals surface area (Å²) < 4.78 is 28.7. The number of carbonyl (C=O) groups excluding carboxylic acids is 1. The molecule has 1 saturated heterocycles. The van der Waals surface area contributed by atoms with Crippen molar-refractivity contribution in [2.45, 2.75) is 37.6 Å². The summed E-state index contributed by atoms with van der Waals surface area (Å²) in [5, 5.41) is 8.61. The minimum Gasteiger partial charge on any atom is -0.336 e. The van der Waals surface area contributed by atoms with Gasteiger partial charge in [0.2, 0.25) is 5.91 Å². The zero-order valence-corrected chi connectivity index (χ0v) is 17.1. The summed E-state index contributed by atoms with van der Waals surface area (Å²) in [6.07, 6.45) is 3.81. The van der Waals surface area contributed by atoms with E-state index in [1.807, 2.05) is 41.2 Å². The van der Waals surface area contributed by atoms with Gasteiger partial charge in [0, 0.05) is 24.4 Å². The van der Waals surface area contributed by atoms with Gasteiger partial charge in [-0.2, -0.15) is 0 Å². The first-order valence-electron chi connectivity index (χ1n) is 10.7. The largest absolute Gasteiger partial charge is 0.336 e. The fourth-order valence-corrected chi connectivity index (χ4v) is 4.66. The van der Waals surface area contributed by atoms with Crippen LogP contribution in [0.2, 0.25) is 0 Å². The Kier molecular flexibility index (Phi) is 5.04. The van der Waals surface area contributed by atoms with Gasteiger partial charge in [-0.25, -0.2) is 13.5 Å². The molecule has 5 nitrogen and oxygen atoms in total. The van der Waals surface area contributed by atoms with Crippen molar-refractivity contribution in [1.29, 1.82) is 0 Å². The molecule has 0 spiro atoms. The highest BCUT2D eigenvalue weighted by Crippen LogP contribution is 2.37. The van der Waals surface area contributed by atoms with E-state index in [9.17, 15) is 13.6 Å². The number of aromatic nitrogens is 3. The van der Waals surface area contributed by atoms with Crippen LogP contribution in [0.25, 0.3) is 22.4 Å². The van der Waals surface area contributed by atoms with Crippen LogP contribution < -0.4 is 0 Å². The SMILES string of the molecule is O=C([C@H]1CC[C@@H](n2cc(-c3ccc(-c4ccccc4)cc3)nn2)C1)N1CCC(F)(F)C1. The molecule has 31 heavy (non-hydrogen) atoms. The molecular weight excluding hydrogens is 398 g/mol. The van der Waals surface area contributed by atoms with Crippen molar-refractivity contribution in [3.63, 3.8) is 0 Å². The summed E-state index contributed by atoms with van der Waals surface area (Å²) in [6.45, 7) is -0.293. The van der Waals surface area contributed by atoms with Gasteiger partial charge < -0.3 is 4.90 Å². The van der Waals surface area contributed by atoms with Crippen LogP contribution in [-0.2, 0) is 4.79 Å². The number of likely N-dealkylation sites (tertiary alicyclic amines) is 1.